The highest BCUT2D eigenvalue weighted by Crippen LogP contribution is 2.32. The lowest BCUT2D eigenvalue weighted by Crippen LogP contribution is -2.43. The third-order valence-electron chi connectivity index (χ3n) is 4.44. The summed E-state index contributed by atoms with van der Waals surface area (Å²) < 4.78 is 7.65. The fourth-order valence-electron chi connectivity index (χ4n) is 3.14. The summed E-state index contributed by atoms with van der Waals surface area (Å²) in [5.74, 6) is 0.0561. The molecule has 122 valence electrons. The number of carbonyl (C=O) groups excluding carboxylic acids is 1. The van der Waals surface area contributed by atoms with Crippen molar-refractivity contribution in [2.45, 2.75) is 31.3 Å². The van der Waals surface area contributed by atoms with E-state index in [1.165, 1.54) is 0 Å². The first kappa shape index (κ1) is 16.1. The zero-order chi connectivity index (χ0) is 16.1. The van der Waals surface area contributed by atoms with Gasteiger partial charge in [-0.15, -0.1) is 0 Å². The summed E-state index contributed by atoms with van der Waals surface area (Å²) in [4.78, 5) is 12.5. The summed E-state index contributed by atoms with van der Waals surface area (Å²) in [5, 5.41) is 3.69. The molecule has 1 saturated heterocycles. The van der Waals surface area contributed by atoms with Gasteiger partial charge in [0.15, 0.2) is 0 Å². The van der Waals surface area contributed by atoms with Crippen LogP contribution in [0.5, 0.6) is 0 Å². The van der Waals surface area contributed by atoms with Gasteiger partial charge in [-0.3, -0.25) is 4.79 Å². The first-order chi connectivity index (χ1) is 11.2. The summed E-state index contributed by atoms with van der Waals surface area (Å²) in [5.41, 5.74) is 0.827. The van der Waals surface area contributed by atoms with Crippen molar-refractivity contribution >= 4 is 17.5 Å². The largest absolute Gasteiger partial charge is 0.381 e. The lowest BCUT2D eigenvalue weighted by Gasteiger charge is -2.38. The predicted molar refractivity (Wildman–Crippen MR) is 90.4 cm³/mol. The molecule has 5 heteroatoms. The van der Waals surface area contributed by atoms with Crippen LogP contribution in [0, 0.1) is 0 Å². The fourth-order valence-corrected chi connectivity index (χ4v) is 3.35. The standard InChI is InChI=1S/C18H21ClN2O2/c19-16-5-3-4-15(12-16)14-20-17(22)13-18(6-10-23-11-7-18)21-8-1-2-9-21/h1-5,8-9,12H,6-7,10-11,13-14H2,(H,20,22). The summed E-state index contributed by atoms with van der Waals surface area (Å²) in [6.45, 7) is 1.89. The van der Waals surface area contributed by atoms with Crippen LogP contribution >= 0.6 is 11.6 Å². The summed E-state index contributed by atoms with van der Waals surface area (Å²) in [7, 11) is 0. The van der Waals surface area contributed by atoms with Gasteiger partial charge in [0.25, 0.3) is 0 Å². The molecular formula is C18H21ClN2O2. The molecule has 1 amide bonds. The Balaban J connectivity index is 1.64. The van der Waals surface area contributed by atoms with Gasteiger partial charge >= 0.3 is 0 Å². The lowest BCUT2D eigenvalue weighted by molar-refractivity contribution is -0.124. The molecule has 1 aliphatic rings. The maximum atomic E-state index is 12.5. The maximum absolute atomic E-state index is 12.5. The van der Waals surface area contributed by atoms with E-state index in [-0.39, 0.29) is 11.4 Å². The van der Waals surface area contributed by atoms with Gasteiger partial charge in [-0.1, -0.05) is 23.7 Å². The molecule has 1 aliphatic heterocycles. The van der Waals surface area contributed by atoms with Crippen molar-refractivity contribution in [1.29, 1.82) is 0 Å². The van der Waals surface area contributed by atoms with Crippen LogP contribution < -0.4 is 5.32 Å². The van der Waals surface area contributed by atoms with E-state index >= 15 is 0 Å². The molecule has 1 aromatic heterocycles. The first-order valence-corrected chi connectivity index (χ1v) is 8.28. The highest BCUT2D eigenvalue weighted by molar-refractivity contribution is 6.30. The highest BCUT2D eigenvalue weighted by Gasteiger charge is 2.35. The number of ether oxygens (including phenoxy) is 1. The lowest BCUT2D eigenvalue weighted by atomic mass is 9.86. The topological polar surface area (TPSA) is 43.3 Å². The van der Waals surface area contributed by atoms with Gasteiger partial charge in [-0.2, -0.15) is 0 Å². The molecule has 23 heavy (non-hydrogen) atoms. The van der Waals surface area contributed by atoms with Crippen LogP contribution in [-0.4, -0.2) is 23.7 Å². The predicted octanol–water partition coefficient (Wildman–Crippen LogP) is 3.35. The molecule has 3 rings (SSSR count). The summed E-state index contributed by atoms with van der Waals surface area (Å²) >= 11 is 5.98. The normalized spacial score (nSPS) is 16.9. The third-order valence-corrected chi connectivity index (χ3v) is 4.68. The van der Waals surface area contributed by atoms with E-state index in [4.69, 9.17) is 16.3 Å². The maximum Gasteiger partial charge on any atom is 0.222 e. The summed E-state index contributed by atoms with van der Waals surface area (Å²) in [6, 6.07) is 11.6. The van der Waals surface area contributed by atoms with Gasteiger partial charge in [-0.05, 0) is 42.7 Å². The van der Waals surface area contributed by atoms with Crippen LogP contribution in [0.4, 0.5) is 0 Å². The number of rotatable bonds is 5. The van der Waals surface area contributed by atoms with E-state index in [1.54, 1.807) is 0 Å². The fraction of sp³-hybridized carbons (Fsp3) is 0.389. The van der Waals surface area contributed by atoms with Crippen molar-refractivity contribution in [3.05, 3.63) is 59.4 Å². The Labute approximate surface area is 141 Å². The molecule has 0 bridgehead atoms. The van der Waals surface area contributed by atoms with E-state index in [1.807, 2.05) is 48.8 Å². The Kier molecular flexibility index (Phi) is 5.03. The molecule has 0 saturated carbocycles. The Morgan fingerprint density at radius 1 is 1.22 bits per heavy atom. The van der Waals surface area contributed by atoms with Gasteiger partial charge < -0.3 is 14.6 Å². The average Bonchev–Trinajstić information content (AvgIpc) is 3.09. The van der Waals surface area contributed by atoms with Crippen LogP contribution in [0.15, 0.2) is 48.8 Å². The van der Waals surface area contributed by atoms with Gasteiger partial charge in [0.1, 0.15) is 0 Å². The zero-order valence-electron chi connectivity index (χ0n) is 13.0. The minimum atomic E-state index is -0.180. The number of nitrogens with zero attached hydrogens (tertiary/aromatic N) is 1. The van der Waals surface area contributed by atoms with Crippen LogP contribution in [-0.2, 0) is 21.6 Å². The molecule has 1 fully saturated rings. The Morgan fingerprint density at radius 2 is 1.96 bits per heavy atom. The molecule has 1 aromatic carbocycles. The van der Waals surface area contributed by atoms with Crippen molar-refractivity contribution in [2.75, 3.05) is 13.2 Å². The zero-order valence-corrected chi connectivity index (χ0v) is 13.8. The molecule has 2 heterocycles. The second kappa shape index (κ2) is 7.20. The van der Waals surface area contributed by atoms with E-state index < -0.39 is 0 Å². The Bertz CT molecular complexity index is 649. The van der Waals surface area contributed by atoms with Crippen LogP contribution in [0.2, 0.25) is 5.02 Å². The molecule has 2 aromatic rings. The van der Waals surface area contributed by atoms with Crippen LogP contribution in [0.25, 0.3) is 0 Å². The molecule has 4 nitrogen and oxygen atoms in total. The van der Waals surface area contributed by atoms with E-state index in [0.717, 1.165) is 18.4 Å². The van der Waals surface area contributed by atoms with Crippen molar-refractivity contribution < 1.29 is 9.53 Å². The minimum absolute atomic E-state index is 0.0561. The summed E-state index contributed by atoms with van der Waals surface area (Å²) in [6.07, 6.45) is 6.25. The average molecular weight is 333 g/mol. The minimum Gasteiger partial charge on any atom is -0.381 e. The molecule has 0 unspecified atom stereocenters. The number of hydrogen-bond acceptors (Lipinski definition) is 2. The van der Waals surface area contributed by atoms with E-state index in [2.05, 4.69) is 9.88 Å². The number of carbonyl (C=O) groups is 1. The van der Waals surface area contributed by atoms with Crippen LogP contribution in [0.3, 0.4) is 0 Å². The van der Waals surface area contributed by atoms with Crippen molar-refractivity contribution in [3.63, 3.8) is 0 Å². The van der Waals surface area contributed by atoms with Gasteiger partial charge in [0, 0.05) is 37.2 Å². The Hall–Kier alpha value is -1.78. The second-order valence-electron chi connectivity index (χ2n) is 6.01. The van der Waals surface area contributed by atoms with Gasteiger partial charge in [0.2, 0.25) is 5.91 Å². The molecule has 0 aliphatic carbocycles. The van der Waals surface area contributed by atoms with Gasteiger partial charge in [-0.25, -0.2) is 0 Å². The first-order valence-electron chi connectivity index (χ1n) is 7.90. The molecule has 0 spiro atoms. The second-order valence-corrected chi connectivity index (χ2v) is 6.45. The van der Waals surface area contributed by atoms with Gasteiger partial charge in [0.05, 0.1) is 12.0 Å². The SMILES string of the molecule is O=C(CC1(n2cccc2)CCOCC1)NCc1cccc(Cl)c1. The molecular weight excluding hydrogens is 312 g/mol. The monoisotopic (exact) mass is 332 g/mol. The third kappa shape index (κ3) is 3.95. The molecule has 1 N–H and O–H groups in total. The van der Waals surface area contributed by atoms with E-state index in [9.17, 15) is 4.79 Å². The van der Waals surface area contributed by atoms with Crippen molar-refractivity contribution in [2.24, 2.45) is 0 Å². The number of nitrogens with one attached hydrogen (secondary N) is 1. The highest BCUT2D eigenvalue weighted by atomic mass is 35.5. The van der Waals surface area contributed by atoms with Crippen LogP contribution in [0.1, 0.15) is 24.8 Å². The number of halogens is 1. The molecule has 0 atom stereocenters. The number of amides is 1. The smallest absolute Gasteiger partial charge is 0.222 e. The van der Waals surface area contributed by atoms with Crippen molar-refractivity contribution in [1.82, 2.24) is 9.88 Å². The number of benzene rings is 1. The number of hydrogen-bond donors (Lipinski definition) is 1. The molecule has 0 radical (unpaired) electrons. The number of aromatic nitrogens is 1. The quantitative estimate of drug-likeness (QED) is 0.912. The Morgan fingerprint density at radius 3 is 2.65 bits per heavy atom. The van der Waals surface area contributed by atoms with Crippen molar-refractivity contribution in [3.8, 4) is 0 Å². The van der Waals surface area contributed by atoms with E-state index in [0.29, 0.717) is 31.2 Å².